The second kappa shape index (κ2) is 4.96. The van der Waals surface area contributed by atoms with E-state index in [4.69, 9.17) is 4.74 Å². The van der Waals surface area contributed by atoms with E-state index in [0.717, 1.165) is 5.56 Å². The van der Waals surface area contributed by atoms with Crippen LogP contribution in [0.5, 0.6) is 0 Å². The smallest absolute Gasteiger partial charge is 0.376 e. The average Bonchev–Trinajstić information content (AvgIpc) is 2.66. The highest BCUT2D eigenvalue weighted by Crippen LogP contribution is 2.34. The molecule has 0 bridgehead atoms. The molecule has 1 aromatic carbocycles. The Morgan fingerprint density at radius 3 is 2.21 bits per heavy atom. The van der Waals surface area contributed by atoms with E-state index >= 15 is 0 Å². The van der Waals surface area contributed by atoms with Crippen LogP contribution in [0.25, 0.3) is 0 Å². The minimum absolute atomic E-state index is 0.339. The Labute approximate surface area is 111 Å². The normalized spacial score (nSPS) is 22.7. The molecule has 2 atom stereocenters. The van der Waals surface area contributed by atoms with Crippen LogP contribution in [0.2, 0.25) is 0 Å². The van der Waals surface area contributed by atoms with E-state index < -0.39 is 23.8 Å². The maximum absolute atomic E-state index is 11.6. The van der Waals surface area contributed by atoms with Crippen LogP contribution < -0.4 is 0 Å². The van der Waals surface area contributed by atoms with Crippen molar-refractivity contribution in [3.8, 4) is 0 Å². The highest BCUT2D eigenvalue weighted by molar-refractivity contribution is 6.40. The minimum Gasteiger partial charge on any atom is -0.450 e. The molecule has 0 aliphatic carbocycles. The molecule has 1 aliphatic heterocycles. The first-order valence-corrected chi connectivity index (χ1v) is 6.27. The van der Waals surface area contributed by atoms with Gasteiger partial charge < -0.3 is 4.74 Å². The minimum atomic E-state index is -1.00. The Hall–Kier alpha value is -1.97. The number of ether oxygens (including phenoxy) is 1. The van der Waals surface area contributed by atoms with E-state index in [1.165, 1.54) is 6.92 Å². The number of hydrogen-bond donors (Lipinski definition) is 0. The van der Waals surface area contributed by atoms with Crippen molar-refractivity contribution >= 4 is 17.5 Å². The van der Waals surface area contributed by atoms with E-state index in [0.29, 0.717) is 11.5 Å². The second-order valence-electron chi connectivity index (χ2n) is 5.10. The molecule has 19 heavy (non-hydrogen) atoms. The van der Waals surface area contributed by atoms with Crippen molar-refractivity contribution < 1.29 is 19.1 Å². The zero-order chi connectivity index (χ0) is 14.2. The third-order valence-electron chi connectivity index (χ3n) is 3.39. The van der Waals surface area contributed by atoms with Gasteiger partial charge in [-0.25, -0.2) is 4.79 Å². The van der Waals surface area contributed by atoms with Gasteiger partial charge in [0, 0.05) is 0 Å². The zero-order valence-electron chi connectivity index (χ0n) is 11.2. The molecule has 0 aromatic heterocycles. The summed E-state index contributed by atoms with van der Waals surface area (Å²) < 4.78 is 5.02. The van der Waals surface area contributed by atoms with Crippen molar-refractivity contribution in [1.29, 1.82) is 0 Å². The number of esters is 1. The van der Waals surface area contributed by atoms with Crippen molar-refractivity contribution in [2.24, 2.45) is 5.92 Å². The fourth-order valence-corrected chi connectivity index (χ4v) is 2.23. The summed E-state index contributed by atoms with van der Waals surface area (Å²) >= 11 is 0. The molecule has 1 aromatic rings. The molecule has 100 valence electrons. The van der Waals surface area contributed by atoms with Crippen LogP contribution in [-0.4, -0.2) is 17.5 Å². The van der Waals surface area contributed by atoms with Gasteiger partial charge in [-0.2, -0.15) is 0 Å². The summed E-state index contributed by atoms with van der Waals surface area (Å²) in [4.78, 5) is 34.4. The number of rotatable bonds is 3. The molecule has 1 fully saturated rings. The number of Topliss-reactive ketones (excluding diaryl/α,β-unsaturated/α-hetero) is 2. The molecule has 0 saturated carbocycles. The Morgan fingerprint density at radius 2 is 1.74 bits per heavy atom. The summed E-state index contributed by atoms with van der Waals surface area (Å²) in [6, 6.07) is 7.46. The summed E-state index contributed by atoms with van der Waals surface area (Å²) in [5.41, 5.74) is 1.84. The Bertz CT molecular complexity index is 528. The molecule has 2 unspecified atom stereocenters. The summed E-state index contributed by atoms with van der Waals surface area (Å²) in [6.45, 7) is 5.46. The summed E-state index contributed by atoms with van der Waals surface area (Å²) in [5.74, 6) is -2.61. The van der Waals surface area contributed by atoms with Gasteiger partial charge in [-0.05, 0) is 24.0 Å². The van der Waals surface area contributed by atoms with Gasteiger partial charge in [0.2, 0.25) is 0 Å². The number of cyclic esters (lactones) is 1. The van der Waals surface area contributed by atoms with Gasteiger partial charge in [0.15, 0.2) is 0 Å². The number of ketones is 2. The third kappa shape index (κ3) is 2.43. The molecule has 4 nitrogen and oxygen atoms in total. The number of hydrogen-bond acceptors (Lipinski definition) is 4. The maximum atomic E-state index is 11.6. The van der Waals surface area contributed by atoms with Gasteiger partial charge in [-0.3, -0.25) is 9.59 Å². The Morgan fingerprint density at radius 1 is 1.16 bits per heavy atom. The quantitative estimate of drug-likeness (QED) is 0.475. The highest BCUT2D eigenvalue weighted by atomic mass is 16.6. The molecule has 1 heterocycles. The molecular formula is C15H16O4. The van der Waals surface area contributed by atoms with E-state index in [9.17, 15) is 14.4 Å². The molecule has 0 radical (unpaired) electrons. The molecule has 1 aliphatic rings. The molecule has 0 amide bonds. The number of carbonyl (C=O) groups is 3. The molecule has 4 heteroatoms. The molecule has 1 saturated heterocycles. The van der Waals surface area contributed by atoms with Crippen LogP contribution >= 0.6 is 0 Å². The first-order valence-electron chi connectivity index (χ1n) is 6.27. The van der Waals surface area contributed by atoms with Crippen molar-refractivity contribution in [2.45, 2.75) is 32.8 Å². The van der Waals surface area contributed by atoms with Crippen LogP contribution in [0.15, 0.2) is 24.3 Å². The standard InChI is InChI=1S/C15H16O4/c1-8(2)10-4-6-11(7-5-10)14-12(9(3)16)13(17)15(18)19-14/h4-8,12,14H,1-3H3. The van der Waals surface area contributed by atoms with Crippen LogP contribution in [0.3, 0.4) is 0 Å². The average molecular weight is 260 g/mol. The Kier molecular flexibility index (Phi) is 3.51. The van der Waals surface area contributed by atoms with E-state index in [2.05, 4.69) is 13.8 Å². The monoisotopic (exact) mass is 260 g/mol. The SMILES string of the molecule is CC(=O)C1C(=O)C(=O)OC1c1ccc(C(C)C)cc1. The summed E-state index contributed by atoms with van der Waals surface area (Å²) in [5, 5.41) is 0. The summed E-state index contributed by atoms with van der Waals surface area (Å²) in [7, 11) is 0. The van der Waals surface area contributed by atoms with Crippen molar-refractivity contribution in [2.75, 3.05) is 0 Å². The Balaban J connectivity index is 2.32. The lowest BCUT2D eigenvalue weighted by atomic mass is 9.90. The van der Waals surface area contributed by atoms with Gasteiger partial charge in [-0.15, -0.1) is 0 Å². The maximum Gasteiger partial charge on any atom is 0.376 e. The molecule has 2 rings (SSSR count). The van der Waals surface area contributed by atoms with Crippen LogP contribution in [0, 0.1) is 5.92 Å². The van der Waals surface area contributed by atoms with Crippen LogP contribution in [0.4, 0.5) is 0 Å². The largest absolute Gasteiger partial charge is 0.450 e. The summed E-state index contributed by atoms with van der Waals surface area (Å²) in [6.07, 6.45) is -0.779. The fourth-order valence-electron chi connectivity index (χ4n) is 2.23. The lowest BCUT2D eigenvalue weighted by molar-refractivity contribution is -0.149. The third-order valence-corrected chi connectivity index (χ3v) is 3.39. The first kappa shape index (κ1) is 13.5. The van der Waals surface area contributed by atoms with Crippen LogP contribution in [-0.2, 0) is 19.1 Å². The van der Waals surface area contributed by atoms with E-state index in [-0.39, 0.29) is 5.78 Å². The first-order chi connectivity index (χ1) is 8.91. The van der Waals surface area contributed by atoms with Crippen LogP contribution in [0.1, 0.15) is 43.9 Å². The molecule has 0 spiro atoms. The zero-order valence-corrected chi connectivity index (χ0v) is 11.2. The van der Waals surface area contributed by atoms with E-state index in [1.807, 2.05) is 24.3 Å². The number of benzene rings is 1. The fraction of sp³-hybridized carbons (Fsp3) is 0.400. The van der Waals surface area contributed by atoms with Crippen molar-refractivity contribution in [1.82, 2.24) is 0 Å². The topological polar surface area (TPSA) is 60.4 Å². The second-order valence-corrected chi connectivity index (χ2v) is 5.10. The van der Waals surface area contributed by atoms with E-state index in [1.54, 1.807) is 0 Å². The number of carbonyl (C=O) groups excluding carboxylic acids is 3. The van der Waals surface area contributed by atoms with Gasteiger partial charge in [-0.1, -0.05) is 38.1 Å². The predicted molar refractivity (Wildman–Crippen MR) is 68.5 cm³/mol. The molecular weight excluding hydrogens is 244 g/mol. The highest BCUT2D eigenvalue weighted by Gasteiger charge is 2.46. The van der Waals surface area contributed by atoms with Crippen molar-refractivity contribution in [3.63, 3.8) is 0 Å². The van der Waals surface area contributed by atoms with Gasteiger partial charge >= 0.3 is 5.97 Å². The lowest BCUT2D eigenvalue weighted by Gasteiger charge is -2.15. The lowest BCUT2D eigenvalue weighted by Crippen LogP contribution is -2.23. The van der Waals surface area contributed by atoms with Gasteiger partial charge in [0.1, 0.15) is 17.8 Å². The van der Waals surface area contributed by atoms with Crippen molar-refractivity contribution in [3.05, 3.63) is 35.4 Å². The predicted octanol–water partition coefficient (Wildman–Crippen LogP) is 2.18. The van der Waals surface area contributed by atoms with Gasteiger partial charge in [0.05, 0.1) is 0 Å². The van der Waals surface area contributed by atoms with Gasteiger partial charge in [0.25, 0.3) is 5.78 Å². The molecule has 0 N–H and O–H groups in total.